The molecule has 1 amide bonds. The van der Waals surface area contributed by atoms with Gasteiger partial charge in [0, 0.05) is 31.3 Å². The highest BCUT2D eigenvalue weighted by Crippen LogP contribution is 2.26. The van der Waals surface area contributed by atoms with E-state index < -0.39 is 29.6 Å². The minimum atomic E-state index is -0.983. The van der Waals surface area contributed by atoms with Gasteiger partial charge in [0.15, 0.2) is 0 Å². The highest BCUT2D eigenvalue weighted by molar-refractivity contribution is 5.94. The topological polar surface area (TPSA) is 88.2 Å². The predicted molar refractivity (Wildman–Crippen MR) is 119 cm³/mol. The summed E-state index contributed by atoms with van der Waals surface area (Å²) in [7, 11) is 0. The minimum absolute atomic E-state index is 0.0835. The summed E-state index contributed by atoms with van der Waals surface area (Å²) in [5.74, 6) is -2.80. The standard InChI is InChI=1S/C25H27F2N3O2/c1-2-16-5-3-6-17(9-16)14-29-15-23(31)22(12-18-10-19(26)13-20(27)11-18)24-21(25(28)32)7-4-8-30-24/h3-11,13,22-23,29,31H,2,12,14-15H2,1H3,(H2,28,32)/t22-,23+/m1/s1. The zero-order chi connectivity index (χ0) is 23.1. The van der Waals surface area contributed by atoms with E-state index in [4.69, 9.17) is 5.73 Å². The number of nitrogens with zero attached hydrogens (tertiary/aromatic N) is 1. The van der Waals surface area contributed by atoms with Gasteiger partial charge >= 0.3 is 0 Å². The van der Waals surface area contributed by atoms with Crippen molar-refractivity contribution in [2.75, 3.05) is 6.54 Å². The largest absolute Gasteiger partial charge is 0.391 e. The third kappa shape index (κ3) is 6.18. The number of benzene rings is 2. The Bertz CT molecular complexity index is 1050. The zero-order valence-electron chi connectivity index (χ0n) is 17.9. The smallest absolute Gasteiger partial charge is 0.250 e. The lowest BCUT2D eigenvalue weighted by atomic mass is 9.87. The van der Waals surface area contributed by atoms with E-state index in [1.165, 1.54) is 30.0 Å². The molecule has 0 aliphatic carbocycles. The summed E-state index contributed by atoms with van der Waals surface area (Å²) in [6.45, 7) is 2.81. The Labute approximate surface area is 186 Å². The fourth-order valence-electron chi connectivity index (χ4n) is 3.79. The number of pyridine rings is 1. The first-order chi connectivity index (χ1) is 15.4. The van der Waals surface area contributed by atoms with Gasteiger partial charge in [0.25, 0.3) is 5.91 Å². The Morgan fingerprint density at radius 3 is 2.47 bits per heavy atom. The van der Waals surface area contributed by atoms with Crippen LogP contribution in [0.1, 0.15) is 45.6 Å². The van der Waals surface area contributed by atoms with Crippen LogP contribution in [0.4, 0.5) is 8.78 Å². The summed E-state index contributed by atoms with van der Waals surface area (Å²) in [5.41, 5.74) is 8.62. The Hall–Kier alpha value is -3.16. The molecule has 32 heavy (non-hydrogen) atoms. The summed E-state index contributed by atoms with van der Waals surface area (Å²) in [4.78, 5) is 16.2. The van der Waals surface area contributed by atoms with Gasteiger partial charge in [-0.2, -0.15) is 0 Å². The van der Waals surface area contributed by atoms with E-state index in [1.54, 1.807) is 6.07 Å². The Morgan fingerprint density at radius 1 is 1.06 bits per heavy atom. The van der Waals surface area contributed by atoms with Crippen molar-refractivity contribution in [3.8, 4) is 0 Å². The number of hydrogen-bond donors (Lipinski definition) is 3. The maximum atomic E-state index is 13.7. The number of nitrogens with two attached hydrogens (primary N) is 1. The number of aliphatic hydroxyl groups is 1. The molecule has 0 fully saturated rings. The van der Waals surface area contributed by atoms with E-state index in [0.29, 0.717) is 17.8 Å². The molecule has 1 heterocycles. The highest BCUT2D eigenvalue weighted by atomic mass is 19.1. The van der Waals surface area contributed by atoms with E-state index in [9.17, 15) is 18.7 Å². The van der Waals surface area contributed by atoms with Gasteiger partial charge < -0.3 is 16.2 Å². The summed E-state index contributed by atoms with van der Waals surface area (Å²) >= 11 is 0. The van der Waals surface area contributed by atoms with E-state index in [2.05, 4.69) is 29.4 Å². The van der Waals surface area contributed by atoms with Gasteiger partial charge in [-0.15, -0.1) is 0 Å². The average Bonchev–Trinajstić information content (AvgIpc) is 2.77. The number of hydrogen-bond acceptors (Lipinski definition) is 4. The number of carbonyl (C=O) groups is 1. The van der Waals surface area contributed by atoms with Crippen molar-refractivity contribution in [1.82, 2.24) is 10.3 Å². The van der Waals surface area contributed by atoms with Gasteiger partial charge in [-0.3, -0.25) is 9.78 Å². The number of aryl methyl sites for hydroxylation is 1. The van der Waals surface area contributed by atoms with Gasteiger partial charge in [0.1, 0.15) is 11.6 Å². The summed E-state index contributed by atoms with van der Waals surface area (Å²) in [6, 6.07) is 14.4. The number of aliphatic hydroxyl groups excluding tert-OH is 1. The molecule has 0 bridgehead atoms. The summed E-state index contributed by atoms with van der Waals surface area (Å²) in [5, 5.41) is 14.2. The Balaban J connectivity index is 1.82. The summed E-state index contributed by atoms with van der Waals surface area (Å²) < 4.78 is 27.5. The summed E-state index contributed by atoms with van der Waals surface area (Å²) in [6.07, 6.45) is 1.53. The molecular weight excluding hydrogens is 412 g/mol. The molecule has 3 aromatic rings. The first kappa shape index (κ1) is 23.5. The number of halogens is 2. The van der Waals surface area contributed by atoms with Crippen molar-refractivity contribution < 1.29 is 18.7 Å². The molecular formula is C25H27F2N3O2. The SMILES string of the molecule is CCc1cccc(CNC[C@H](O)[C@@H](Cc2cc(F)cc(F)c2)c2ncccc2C(N)=O)c1. The maximum Gasteiger partial charge on any atom is 0.250 e. The van der Waals surface area contributed by atoms with E-state index in [1.807, 2.05) is 12.1 Å². The average molecular weight is 440 g/mol. The van der Waals surface area contributed by atoms with E-state index in [-0.39, 0.29) is 18.5 Å². The van der Waals surface area contributed by atoms with Crippen LogP contribution in [0.2, 0.25) is 0 Å². The molecule has 0 saturated carbocycles. The molecule has 0 spiro atoms. The quantitative estimate of drug-likeness (QED) is 0.451. The van der Waals surface area contributed by atoms with Gasteiger partial charge in [0.2, 0.25) is 0 Å². The van der Waals surface area contributed by atoms with E-state index >= 15 is 0 Å². The molecule has 0 saturated heterocycles. The molecule has 7 heteroatoms. The fourth-order valence-corrected chi connectivity index (χ4v) is 3.79. The Morgan fingerprint density at radius 2 is 1.78 bits per heavy atom. The fraction of sp³-hybridized carbons (Fsp3) is 0.280. The number of rotatable bonds is 10. The van der Waals surface area contributed by atoms with Crippen LogP contribution in [-0.2, 0) is 19.4 Å². The molecule has 2 aromatic carbocycles. The highest BCUT2D eigenvalue weighted by Gasteiger charge is 2.27. The molecule has 0 radical (unpaired) electrons. The van der Waals surface area contributed by atoms with Crippen molar-refractivity contribution in [1.29, 1.82) is 0 Å². The molecule has 0 aliphatic heterocycles. The van der Waals surface area contributed by atoms with Crippen molar-refractivity contribution in [2.45, 2.75) is 38.3 Å². The normalized spacial score (nSPS) is 13.0. The van der Waals surface area contributed by atoms with Crippen LogP contribution in [0.3, 0.4) is 0 Å². The van der Waals surface area contributed by atoms with E-state index in [0.717, 1.165) is 18.1 Å². The molecule has 4 N–H and O–H groups in total. The number of amides is 1. The molecule has 2 atom stereocenters. The van der Waals surface area contributed by atoms with Gasteiger partial charge in [-0.25, -0.2) is 8.78 Å². The number of primary amides is 1. The maximum absolute atomic E-state index is 13.7. The molecule has 3 rings (SSSR count). The van der Waals surface area contributed by atoms with Crippen molar-refractivity contribution in [3.05, 3.63) is 100 Å². The number of carbonyl (C=O) groups excluding carboxylic acids is 1. The van der Waals surface area contributed by atoms with Gasteiger partial charge in [0.05, 0.1) is 17.4 Å². The van der Waals surface area contributed by atoms with Crippen molar-refractivity contribution in [3.63, 3.8) is 0 Å². The number of nitrogens with one attached hydrogen (secondary N) is 1. The third-order valence-corrected chi connectivity index (χ3v) is 5.38. The lowest BCUT2D eigenvalue weighted by Gasteiger charge is -2.24. The van der Waals surface area contributed by atoms with Crippen LogP contribution >= 0.6 is 0 Å². The zero-order valence-corrected chi connectivity index (χ0v) is 17.9. The van der Waals surface area contributed by atoms with Gasteiger partial charge in [-0.05, 0) is 53.8 Å². The lowest BCUT2D eigenvalue weighted by Crippen LogP contribution is -2.34. The van der Waals surface area contributed by atoms with Crippen LogP contribution in [0.15, 0.2) is 60.8 Å². The van der Waals surface area contributed by atoms with Crippen LogP contribution in [0.5, 0.6) is 0 Å². The number of aromatic nitrogens is 1. The van der Waals surface area contributed by atoms with Crippen LogP contribution in [0.25, 0.3) is 0 Å². The minimum Gasteiger partial charge on any atom is -0.391 e. The molecule has 5 nitrogen and oxygen atoms in total. The lowest BCUT2D eigenvalue weighted by molar-refractivity contribution is 0.0994. The van der Waals surface area contributed by atoms with Crippen LogP contribution in [0, 0.1) is 11.6 Å². The molecule has 0 unspecified atom stereocenters. The Kier molecular flexibility index (Phi) is 8.03. The molecule has 1 aromatic heterocycles. The second-order valence-electron chi connectivity index (χ2n) is 7.76. The second kappa shape index (κ2) is 10.9. The molecule has 0 aliphatic rings. The van der Waals surface area contributed by atoms with Crippen LogP contribution < -0.4 is 11.1 Å². The van der Waals surface area contributed by atoms with Gasteiger partial charge in [-0.1, -0.05) is 31.2 Å². The molecule has 168 valence electrons. The first-order valence-corrected chi connectivity index (χ1v) is 10.5. The predicted octanol–water partition coefficient (Wildman–Crippen LogP) is 3.50. The third-order valence-electron chi connectivity index (χ3n) is 5.38. The van der Waals surface area contributed by atoms with Crippen LogP contribution in [-0.4, -0.2) is 28.6 Å². The first-order valence-electron chi connectivity index (χ1n) is 10.5. The van der Waals surface area contributed by atoms with Crippen molar-refractivity contribution in [2.24, 2.45) is 5.73 Å². The monoisotopic (exact) mass is 439 g/mol. The second-order valence-corrected chi connectivity index (χ2v) is 7.76. The van der Waals surface area contributed by atoms with Crippen molar-refractivity contribution >= 4 is 5.91 Å².